The summed E-state index contributed by atoms with van der Waals surface area (Å²) in [5.41, 5.74) is 9.38. The van der Waals surface area contributed by atoms with E-state index in [-0.39, 0.29) is 0 Å². The number of nitrogens with zero attached hydrogens (tertiary/aromatic N) is 6. The number of imidazole rings is 1. The molecule has 4 heterocycles. The Morgan fingerprint density at radius 2 is 1.79 bits per heavy atom. The second-order valence-corrected chi connectivity index (χ2v) is 8.58. The minimum absolute atomic E-state index is 0.692. The van der Waals surface area contributed by atoms with E-state index in [0.29, 0.717) is 6.54 Å². The molecule has 5 rings (SSSR count). The third-order valence-corrected chi connectivity index (χ3v) is 6.02. The van der Waals surface area contributed by atoms with E-state index in [1.54, 1.807) is 10.8 Å². The topological polar surface area (TPSA) is 75.0 Å². The van der Waals surface area contributed by atoms with Crippen molar-refractivity contribution in [3.63, 3.8) is 0 Å². The van der Waals surface area contributed by atoms with Crippen molar-refractivity contribution in [2.75, 3.05) is 7.05 Å². The number of hydrogen-bond acceptors (Lipinski definition) is 5. The van der Waals surface area contributed by atoms with Crippen molar-refractivity contribution in [3.8, 4) is 22.6 Å². The molecule has 0 bridgehead atoms. The Balaban J connectivity index is 1.50. The van der Waals surface area contributed by atoms with Crippen LogP contribution in [0.4, 0.5) is 0 Å². The molecule has 7 heteroatoms. The fourth-order valence-electron chi connectivity index (χ4n) is 4.12. The van der Waals surface area contributed by atoms with Crippen molar-refractivity contribution in [2.24, 2.45) is 0 Å². The molecule has 1 aromatic carbocycles. The van der Waals surface area contributed by atoms with Crippen molar-refractivity contribution < 1.29 is 0 Å². The quantitative estimate of drug-likeness (QED) is 0.415. The standard InChI is InChI=1S/C26H27N7/c1-17-7-5-9-20(19(17)3)13-32(4)15-23-30-25(21-11-12-24-27-16-28-33(24)14-21)26(31-23)22-10-6-8-18(2)29-22/h5-12,14,16H,13,15H2,1-4H3,(H,30,31). The number of H-pyrrole nitrogens is 1. The number of rotatable bonds is 6. The molecule has 1 N–H and O–H groups in total. The van der Waals surface area contributed by atoms with E-state index in [9.17, 15) is 0 Å². The Labute approximate surface area is 193 Å². The summed E-state index contributed by atoms with van der Waals surface area (Å²) < 4.78 is 1.77. The third kappa shape index (κ3) is 4.27. The van der Waals surface area contributed by atoms with Crippen LogP contribution in [0.25, 0.3) is 28.3 Å². The zero-order valence-corrected chi connectivity index (χ0v) is 19.4. The van der Waals surface area contributed by atoms with Gasteiger partial charge in [-0.25, -0.2) is 14.5 Å². The van der Waals surface area contributed by atoms with Crippen LogP contribution in [0.15, 0.2) is 61.1 Å². The van der Waals surface area contributed by atoms with Crippen LogP contribution >= 0.6 is 0 Å². The largest absolute Gasteiger partial charge is 0.339 e. The van der Waals surface area contributed by atoms with Crippen LogP contribution < -0.4 is 0 Å². The first kappa shape index (κ1) is 21.0. The zero-order chi connectivity index (χ0) is 22.9. The van der Waals surface area contributed by atoms with Gasteiger partial charge in [-0.1, -0.05) is 24.3 Å². The Hall–Kier alpha value is -3.84. The van der Waals surface area contributed by atoms with Gasteiger partial charge >= 0.3 is 0 Å². The fraction of sp³-hybridized carbons (Fsp3) is 0.231. The average molecular weight is 438 g/mol. The summed E-state index contributed by atoms with van der Waals surface area (Å²) in [6, 6.07) is 16.5. The van der Waals surface area contributed by atoms with Crippen molar-refractivity contribution in [3.05, 3.63) is 89.3 Å². The van der Waals surface area contributed by atoms with Gasteiger partial charge in [0.05, 0.1) is 23.6 Å². The van der Waals surface area contributed by atoms with Crippen LogP contribution in [0.5, 0.6) is 0 Å². The second kappa shape index (κ2) is 8.60. The molecule has 0 aliphatic carbocycles. The van der Waals surface area contributed by atoms with E-state index in [0.717, 1.165) is 46.4 Å². The van der Waals surface area contributed by atoms with E-state index < -0.39 is 0 Å². The molecule has 33 heavy (non-hydrogen) atoms. The summed E-state index contributed by atoms with van der Waals surface area (Å²) in [4.78, 5) is 19.8. The highest BCUT2D eigenvalue weighted by atomic mass is 15.3. The molecule has 4 aromatic heterocycles. The second-order valence-electron chi connectivity index (χ2n) is 8.58. The SMILES string of the molecule is Cc1cccc(-c2[nH]c(CN(C)Cc3cccc(C)c3C)nc2-c2ccc3ncnn3c2)n1. The molecule has 0 amide bonds. The van der Waals surface area contributed by atoms with E-state index in [2.05, 4.69) is 59.1 Å². The number of hydrogen-bond donors (Lipinski definition) is 1. The van der Waals surface area contributed by atoms with Gasteiger partial charge < -0.3 is 4.98 Å². The van der Waals surface area contributed by atoms with Gasteiger partial charge in [-0.15, -0.1) is 0 Å². The summed E-state index contributed by atoms with van der Waals surface area (Å²) in [6.45, 7) is 7.89. The lowest BCUT2D eigenvalue weighted by molar-refractivity contribution is 0.311. The first-order valence-corrected chi connectivity index (χ1v) is 11.0. The summed E-state index contributed by atoms with van der Waals surface area (Å²) in [7, 11) is 2.12. The van der Waals surface area contributed by atoms with Crippen LogP contribution in [-0.4, -0.2) is 41.5 Å². The minimum Gasteiger partial charge on any atom is -0.339 e. The molecule has 0 saturated carbocycles. The number of fused-ring (bicyclic) bond motifs is 1. The zero-order valence-electron chi connectivity index (χ0n) is 19.4. The van der Waals surface area contributed by atoms with Crippen molar-refractivity contribution in [1.82, 2.24) is 34.4 Å². The Bertz CT molecular complexity index is 1430. The minimum atomic E-state index is 0.692. The summed E-state index contributed by atoms with van der Waals surface area (Å²) >= 11 is 0. The van der Waals surface area contributed by atoms with Gasteiger partial charge in [-0.05, 0) is 68.8 Å². The maximum Gasteiger partial charge on any atom is 0.155 e. The molecule has 166 valence electrons. The van der Waals surface area contributed by atoms with Gasteiger partial charge in [-0.2, -0.15) is 5.10 Å². The third-order valence-electron chi connectivity index (χ3n) is 6.02. The van der Waals surface area contributed by atoms with Crippen LogP contribution in [-0.2, 0) is 13.1 Å². The van der Waals surface area contributed by atoms with E-state index in [4.69, 9.17) is 9.97 Å². The highest BCUT2D eigenvalue weighted by Gasteiger charge is 2.17. The fourth-order valence-corrected chi connectivity index (χ4v) is 4.12. The Kier molecular flexibility index (Phi) is 5.48. The lowest BCUT2D eigenvalue weighted by Crippen LogP contribution is -2.18. The molecule has 0 fully saturated rings. The van der Waals surface area contributed by atoms with Crippen LogP contribution in [0.2, 0.25) is 0 Å². The molecule has 0 saturated heterocycles. The first-order chi connectivity index (χ1) is 16.0. The maximum atomic E-state index is 5.00. The average Bonchev–Trinajstić information content (AvgIpc) is 3.43. The molecule has 5 aromatic rings. The summed E-state index contributed by atoms with van der Waals surface area (Å²) in [5, 5.41) is 4.28. The van der Waals surface area contributed by atoms with Gasteiger partial charge in [0.2, 0.25) is 0 Å². The first-order valence-electron chi connectivity index (χ1n) is 11.0. The van der Waals surface area contributed by atoms with Crippen LogP contribution in [0.3, 0.4) is 0 Å². The number of pyridine rings is 2. The molecular formula is C26H27N7. The monoisotopic (exact) mass is 437 g/mol. The van der Waals surface area contributed by atoms with Gasteiger partial charge in [0.1, 0.15) is 12.2 Å². The maximum absolute atomic E-state index is 5.00. The smallest absolute Gasteiger partial charge is 0.155 e. The summed E-state index contributed by atoms with van der Waals surface area (Å²) in [6.07, 6.45) is 3.52. The number of benzene rings is 1. The lowest BCUT2D eigenvalue weighted by atomic mass is 10.0. The van der Waals surface area contributed by atoms with E-state index in [1.807, 2.05) is 43.5 Å². The van der Waals surface area contributed by atoms with Crippen LogP contribution in [0, 0.1) is 20.8 Å². The number of nitrogens with one attached hydrogen (secondary N) is 1. The molecule has 0 atom stereocenters. The highest BCUT2D eigenvalue weighted by Crippen LogP contribution is 2.30. The Morgan fingerprint density at radius 3 is 2.64 bits per heavy atom. The van der Waals surface area contributed by atoms with Gasteiger partial charge in [0, 0.05) is 24.0 Å². The van der Waals surface area contributed by atoms with E-state index in [1.165, 1.54) is 16.7 Å². The van der Waals surface area contributed by atoms with Gasteiger partial charge in [-0.3, -0.25) is 9.88 Å². The Morgan fingerprint density at radius 1 is 0.939 bits per heavy atom. The number of aryl methyl sites for hydroxylation is 2. The molecule has 0 unspecified atom stereocenters. The molecule has 0 spiro atoms. The van der Waals surface area contributed by atoms with Crippen molar-refractivity contribution >= 4 is 5.65 Å². The van der Waals surface area contributed by atoms with E-state index >= 15 is 0 Å². The lowest BCUT2D eigenvalue weighted by Gasteiger charge is -2.17. The highest BCUT2D eigenvalue weighted by molar-refractivity contribution is 5.77. The predicted molar refractivity (Wildman–Crippen MR) is 130 cm³/mol. The summed E-state index contributed by atoms with van der Waals surface area (Å²) in [5.74, 6) is 0.898. The number of aromatic nitrogens is 6. The molecule has 0 aliphatic rings. The van der Waals surface area contributed by atoms with Crippen LogP contribution in [0.1, 0.15) is 28.2 Å². The van der Waals surface area contributed by atoms with Crippen molar-refractivity contribution in [1.29, 1.82) is 0 Å². The van der Waals surface area contributed by atoms with Crippen molar-refractivity contribution in [2.45, 2.75) is 33.9 Å². The normalized spacial score (nSPS) is 11.5. The predicted octanol–water partition coefficient (Wildman–Crippen LogP) is 4.74. The van der Waals surface area contributed by atoms with Gasteiger partial charge in [0.15, 0.2) is 5.65 Å². The number of aromatic amines is 1. The van der Waals surface area contributed by atoms with Gasteiger partial charge in [0.25, 0.3) is 0 Å². The molecule has 0 aliphatic heterocycles. The molecule has 0 radical (unpaired) electrons. The molecule has 7 nitrogen and oxygen atoms in total. The molecular weight excluding hydrogens is 410 g/mol.